The van der Waals surface area contributed by atoms with Crippen LogP contribution in [-0.4, -0.2) is 66.4 Å². The molecule has 0 aromatic rings. The van der Waals surface area contributed by atoms with Gasteiger partial charge < -0.3 is 49.8 Å². The van der Waals surface area contributed by atoms with E-state index >= 15 is 0 Å². The number of carboxylic acids is 4. The minimum absolute atomic E-state index is 0.102. The second-order valence-corrected chi connectivity index (χ2v) is 19.0. The summed E-state index contributed by atoms with van der Waals surface area (Å²) in [7, 11) is 0. The van der Waals surface area contributed by atoms with Gasteiger partial charge in [-0.15, -0.1) is 0 Å². The van der Waals surface area contributed by atoms with Crippen LogP contribution >= 0.6 is 0 Å². The van der Waals surface area contributed by atoms with Crippen molar-refractivity contribution in [3.63, 3.8) is 0 Å². The molecule has 0 saturated heterocycles. The third-order valence-corrected chi connectivity index (χ3v) is 13.9. The van der Waals surface area contributed by atoms with Gasteiger partial charge in [-0.1, -0.05) is 90.9 Å². The SMILES string of the molecule is CCCCCCCCC(O)(CC(=O)[O-])C(=O)[O-].CCCCCCCCC(O)(CC(=O)[O-])C(=O)[O-].CCCCC[CH2][SnH2+4][CH2]CCCCC. The van der Waals surface area contributed by atoms with Crippen LogP contribution < -0.4 is 20.4 Å². The van der Waals surface area contributed by atoms with Crippen LogP contribution in [-0.2, 0) is 19.2 Å². The molecule has 47 heavy (non-hydrogen) atoms. The number of carbonyl (C=O) groups excluding carboxylic acids is 4. The molecule has 4 radical (unpaired) electrons. The van der Waals surface area contributed by atoms with Gasteiger partial charge in [0.25, 0.3) is 0 Å². The van der Waals surface area contributed by atoms with E-state index in [4.69, 9.17) is 0 Å². The molecule has 0 fully saturated rings. The molecular weight excluding hydrogens is 711 g/mol. The Hall–Kier alpha value is -1.40. The topological polar surface area (TPSA) is 201 Å². The van der Waals surface area contributed by atoms with Crippen molar-refractivity contribution in [3.8, 4) is 0 Å². The first-order valence-corrected chi connectivity index (χ1v) is 24.2. The summed E-state index contributed by atoms with van der Waals surface area (Å²) in [5.41, 5.74) is -4.58. The van der Waals surface area contributed by atoms with Crippen LogP contribution in [0.5, 0.6) is 0 Å². The van der Waals surface area contributed by atoms with Crippen LogP contribution in [0.25, 0.3) is 0 Å². The summed E-state index contributed by atoms with van der Waals surface area (Å²) in [5, 5.41) is 61.2. The molecular formula is C36H68O10Sn. The first-order valence-electron chi connectivity index (χ1n) is 18.5. The number of carboxylic acid groups (broad SMARTS) is 4. The zero-order chi connectivity index (χ0) is 36.4. The fraction of sp³-hybridized carbons (Fsp3) is 0.889. The van der Waals surface area contributed by atoms with Crippen molar-refractivity contribution >= 4 is 45.0 Å². The van der Waals surface area contributed by atoms with Crippen molar-refractivity contribution in [1.29, 1.82) is 0 Å². The summed E-state index contributed by atoms with van der Waals surface area (Å²) >= 11 is -0.220. The molecule has 2 N–H and O–H groups in total. The molecule has 0 amide bonds. The second-order valence-electron chi connectivity index (χ2n) is 13.0. The van der Waals surface area contributed by atoms with Crippen molar-refractivity contribution < 1.29 is 49.8 Å². The minimum atomic E-state index is -2.29. The van der Waals surface area contributed by atoms with Crippen LogP contribution in [0.1, 0.15) is 182 Å². The molecule has 11 heteroatoms. The van der Waals surface area contributed by atoms with Gasteiger partial charge in [0.05, 0.1) is 11.9 Å². The Balaban J connectivity index is -0.000000625. The molecule has 0 aromatic carbocycles. The number of rotatable bonds is 30. The molecule has 0 rings (SSSR count). The van der Waals surface area contributed by atoms with Gasteiger partial charge in [-0.25, -0.2) is 0 Å². The van der Waals surface area contributed by atoms with Gasteiger partial charge >= 0.3 is 95.2 Å². The molecule has 0 bridgehead atoms. The number of aliphatic hydroxyl groups is 2. The maximum atomic E-state index is 10.7. The van der Waals surface area contributed by atoms with Gasteiger partial charge in [0.2, 0.25) is 0 Å². The number of unbranched alkanes of at least 4 members (excludes halogenated alkanes) is 16. The van der Waals surface area contributed by atoms with Crippen LogP contribution in [0.4, 0.5) is 0 Å². The molecule has 0 aliphatic heterocycles. The third kappa shape index (κ3) is 34.3. The van der Waals surface area contributed by atoms with Crippen molar-refractivity contribution in [3.05, 3.63) is 0 Å². The van der Waals surface area contributed by atoms with Gasteiger partial charge in [-0.2, -0.15) is 0 Å². The summed E-state index contributed by atoms with van der Waals surface area (Å²) in [6.45, 7) is 8.78. The molecule has 0 aromatic heterocycles. The van der Waals surface area contributed by atoms with E-state index in [1.165, 1.54) is 38.5 Å². The molecule has 0 aliphatic carbocycles. The Morgan fingerprint density at radius 3 is 0.957 bits per heavy atom. The molecule has 2 unspecified atom stereocenters. The summed E-state index contributed by atoms with van der Waals surface area (Å²) in [4.78, 5) is 42.0. The Kier molecular flexibility index (Phi) is 36.6. The van der Waals surface area contributed by atoms with E-state index in [1.807, 2.05) is 0 Å². The van der Waals surface area contributed by atoms with Gasteiger partial charge in [0.1, 0.15) is 11.2 Å². The van der Waals surface area contributed by atoms with E-state index in [2.05, 4.69) is 27.7 Å². The van der Waals surface area contributed by atoms with Gasteiger partial charge in [0, 0.05) is 24.8 Å². The van der Waals surface area contributed by atoms with E-state index in [-0.39, 0.29) is 34.0 Å². The zero-order valence-electron chi connectivity index (χ0n) is 30.3. The summed E-state index contributed by atoms with van der Waals surface area (Å²) in [6.07, 6.45) is 20.9. The van der Waals surface area contributed by atoms with Gasteiger partial charge in [0.15, 0.2) is 0 Å². The molecule has 0 spiro atoms. The average Bonchev–Trinajstić information content (AvgIpc) is 2.99. The quantitative estimate of drug-likeness (QED) is 0.0807. The van der Waals surface area contributed by atoms with E-state index in [0.29, 0.717) is 12.8 Å². The second kappa shape index (κ2) is 34.5. The molecule has 0 saturated carbocycles. The van der Waals surface area contributed by atoms with Gasteiger partial charge in [-0.3, -0.25) is 0 Å². The molecule has 10 nitrogen and oxygen atoms in total. The standard InChI is InChI=1S/2C12H22O5.2C6H13.Sn.2H/c2*1-2-3-4-5-6-7-8-12(17,11(15)16)9-10(13)14;2*1-3-5-6-4-2;;;/h2*17H,2-9H2,1H3,(H,13,14)(H,15,16);2*1,3-6H2,2H3;;;/q;;;;+4;;/p-4. The number of aliphatic carboxylic acids is 4. The number of hydrogen-bond donors (Lipinski definition) is 2. The van der Waals surface area contributed by atoms with Gasteiger partial charge in [-0.05, 0) is 12.8 Å². The summed E-state index contributed by atoms with van der Waals surface area (Å²) in [6, 6.07) is 0. The fourth-order valence-corrected chi connectivity index (χ4v) is 10.2. The molecule has 276 valence electrons. The van der Waals surface area contributed by atoms with Crippen molar-refractivity contribution in [2.24, 2.45) is 0 Å². The van der Waals surface area contributed by atoms with E-state index in [1.54, 1.807) is 21.7 Å². The molecule has 0 aliphatic rings. The van der Waals surface area contributed by atoms with E-state index < -0.39 is 47.9 Å². The molecule has 0 heterocycles. The van der Waals surface area contributed by atoms with Crippen molar-refractivity contribution in [2.75, 3.05) is 0 Å². The predicted molar refractivity (Wildman–Crippen MR) is 182 cm³/mol. The van der Waals surface area contributed by atoms with E-state index in [9.17, 15) is 49.8 Å². The Labute approximate surface area is 295 Å². The van der Waals surface area contributed by atoms with Crippen LogP contribution in [0, 0.1) is 0 Å². The fourth-order valence-electron chi connectivity index (χ4n) is 5.14. The van der Waals surface area contributed by atoms with Crippen molar-refractivity contribution in [1.82, 2.24) is 0 Å². The Morgan fingerprint density at radius 1 is 0.447 bits per heavy atom. The zero-order valence-corrected chi connectivity index (χ0v) is 34.3. The number of hydrogen-bond acceptors (Lipinski definition) is 10. The average molecular weight is 780 g/mol. The van der Waals surface area contributed by atoms with Crippen LogP contribution in [0.15, 0.2) is 0 Å². The summed E-state index contributed by atoms with van der Waals surface area (Å²) in [5.74, 6) is -6.64. The predicted octanol–water partition coefficient (Wildman–Crippen LogP) is 2.87. The van der Waals surface area contributed by atoms with Crippen molar-refractivity contribution in [2.45, 2.75) is 202 Å². The van der Waals surface area contributed by atoms with Crippen LogP contribution in [0.3, 0.4) is 0 Å². The Morgan fingerprint density at radius 2 is 0.702 bits per heavy atom. The first kappa shape index (κ1) is 50.0. The monoisotopic (exact) mass is 780 g/mol. The van der Waals surface area contributed by atoms with E-state index in [0.717, 1.165) is 64.2 Å². The summed E-state index contributed by atoms with van der Waals surface area (Å²) < 4.78 is 3.38. The third-order valence-electron chi connectivity index (χ3n) is 8.23. The van der Waals surface area contributed by atoms with Crippen LogP contribution in [0.2, 0.25) is 8.87 Å². The normalized spacial score (nSPS) is 13.2. The Bertz CT molecular complexity index is 717. The molecule has 2 atom stereocenters. The maximum absolute atomic E-state index is 10.7. The first-order chi connectivity index (χ1) is 22.3. The number of carbonyl (C=O) groups is 4.